The Morgan fingerprint density at radius 1 is 1.36 bits per heavy atom. The van der Waals surface area contributed by atoms with Gasteiger partial charge in [0.15, 0.2) is 0 Å². The van der Waals surface area contributed by atoms with Crippen LogP contribution in [0.5, 0.6) is 0 Å². The molecule has 0 aromatic heterocycles. The second-order valence-corrected chi connectivity index (χ2v) is 4.79. The quantitative estimate of drug-likeness (QED) is 0.463. The van der Waals surface area contributed by atoms with Gasteiger partial charge in [0, 0.05) is 0 Å². The van der Waals surface area contributed by atoms with Crippen molar-refractivity contribution in [1.29, 1.82) is 0 Å². The third-order valence-electron chi connectivity index (χ3n) is 4.07. The molecule has 60 valence electrons. The molecule has 11 heavy (non-hydrogen) atoms. The fourth-order valence-electron chi connectivity index (χ4n) is 3.65. The second-order valence-electron chi connectivity index (χ2n) is 4.79. The van der Waals surface area contributed by atoms with Crippen LogP contribution in [-0.4, -0.2) is 0 Å². The van der Waals surface area contributed by atoms with Crippen molar-refractivity contribution >= 4 is 0 Å². The Bertz CT molecular complexity index is 214. The molecule has 0 spiro atoms. The van der Waals surface area contributed by atoms with Gasteiger partial charge in [0.2, 0.25) is 0 Å². The fourth-order valence-corrected chi connectivity index (χ4v) is 3.65. The lowest BCUT2D eigenvalue weighted by molar-refractivity contribution is 0.320. The molecule has 3 aliphatic rings. The molecule has 0 radical (unpaired) electrons. The number of rotatable bonds is 0. The molecule has 0 saturated heterocycles. The van der Waals surface area contributed by atoms with Crippen LogP contribution in [0, 0.1) is 23.7 Å². The van der Waals surface area contributed by atoms with Crippen LogP contribution in [0.1, 0.15) is 32.6 Å². The number of fused-ring (bicyclic) bond motifs is 4. The summed E-state index contributed by atoms with van der Waals surface area (Å²) in [5.41, 5.74) is 1.84. The third kappa shape index (κ3) is 0.706. The zero-order valence-corrected chi connectivity index (χ0v) is 7.22. The van der Waals surface area contributed by atoms with Gasteiger partial charge in [-0.25, -0.2) is 0 Å². The summed E-state index contributed by atoms with van der Waals surface area (Å²) in [4.78, 5) is 0. The standard InChI is InChI=1S/C11H16/c1-7-4-10-8-2-3-9(6-8)11(10)5-7/h6-8,10-11H,2-5H2,1H3. The Hall–Kier alpha value is -0.260. The molecule has 1 saturated carbocycles. The average molecular weight is 148 g/mol. The van der Waals surface area contributed by atoms with E-state index in [4.69, 9.17) is 0 Å². The topological polar surface area (TPSA) is 0 Å². The van der Waals surface area contributed by atoms with Crippen molar-refractivity contribution in [3.8, 4) is 0 Å². The van der Waals surface area contributed by atoms with Gasteiger partial charge in [-0.15, -0.1) is 0 Å². The van der Waals surface area contributed by atoms with Crippen LogP contribution >= 0.6 is 0 Å². The van der Waals surface area contributed by atoms with E-state index >= 15 is 0 Å². The minimum Gasteiger partial charge on any atom is -0.0816 e. The second kappa shape index (κ2) is 1.91. The van der Waals surface area contributed by atoms with Crippen molar-refractivity contribution in [1.82, 2.24) is 0 Å². The Kier molecular flexibility index (Phi) is 1.09. The van der Waals surface area contributed by atoms with Crippen molar-refractivity contribution in [2.75, 3.05) is 0 Å². The van der Waals surface area contributed by atoms with Crippen molar-refractivity contribution < 1.29 is 0 Å². The molecule has 4 unspecified atom stereocenters. The van der Waals surface area contributed by atoms with Crippen LogP contribution in [0.3, 0.4) is 0 Å². The van der Waals surface area contributed by atoms with Gasteiger partial charge in [-0.05, 0) is 49.4 Å². The highest BCUT2D eigenvalue weighted by Gasteiger charge is 2.45. The highest BCUT2D eigenvalue weighted by Crippen LogP contribution is 2.56. The zero-order valence-electron chi connectivity index (χ0n) is 7.22. The van der Waals surface area contributed by atoms with E-state index in [1.54, 1.807) is 0 Å². The Balaban J connectivity index is 1.92. The van der Waals surface area contributed by atoms with Gasteiger partial charge in [0.1, 0.15) is 0 Å². The van der Waals surface area contributed by atoms with Crippen LogP contribution in [0.4, 0.5) is 0 Å². The number of hydrogen-bond donors (Lipinski definition) is 0. The predicted octanol–water partition coefficient (Wildman–Crippen LogP) is 3.00. The first-order valence-corrected chi connectivity index (χ1v) is 5.05. The highest BCUT2D eigenvalue weighted by molar-refractivity contribution is 5.25. The molecule has 0 amide bonds. The molecule has 0 aliphatic heterocycles. The lowest BCUT2D eigenvalue weighted by Crippen LogP contribution is -2.15. The minimum absolute atomic E-state index is 1.01. The largest absolute Gasteiger partial charge is 0.0816 e. The smallest absolute Gasteiger partial charge is 0.0167 e. The maximum atomic E-state index is 2.60. The van der Waals surface area contributed by atoms with E-state index in [9.17, 15) is 0 Å². The maximum absolute atomic E-state index is 2.60. The minimum atomic E-state index is 1.01. The molecule has 3 rings (SSSR count). The molecule has 0 heterocycles. The van der Waals surface area contributed by atoms with E-state index in [0.717, 1.165) is 23.7 Å². The van der Waals surface area contributed by atoms with Gasteiger partial charge in [0.25, 0.3) is 0 Å². The monoisotopic (exact) mass is 148 g/mol. The van der Waals surface area contributed by atoms with E-state index in [-0.39, 0.29) is 0 Å². The Labute approximate surface area is 68.7 Å². The molecule has 0 aromatic carbocycles. The summed E-state index contributed by atoms with van der Waals surface area (Å²) in [6.45, 7) is 2.43. The van der Waals surface area contributed by atoms with Crippen molar-refractivity contribution in [2.45, 2.75) is 32.6 Å². The summed E-state index contributed by atoms with van der Waals surface area (Å²) in [6, 6.07) is 0. The van der Waals surface area contributed by atoms with E-state index in [0.29, 0.717) is 0 Å². The molecule has 0 aromatic rings. The molecule has 3 aliphatic carbocycles. The van der Waals surface area contributed by atoms with Crippen LogP contribution in [0.25, 0.3) is 0 Å². The van der Waals surface area contributed by atoms with E-state index < -0.39 is 0 Å². The van der Waals surface area contributed by atoms with Gasteiger partial charge >= 0.3 is 0 Å². The van der Waals surface area contributed by atoms with Crippen LogP contribution in [-0.2, 0) is 0 Å². The summed E-state index contributed by atoms with van der Waals surface area (Å²) in [5, 5.41) is 0. The Morgan fingerprint density at radius 3 is 3.09 bits per heavy atom. The van der Waals surface area contributed by atoms with Gasteiger partial charge in [0.05, 0.1) is 0 Å². The zero-order chi connectivity index (χ0) is 7.42. The predicted molar refractivity (Wildman–Crippen MR) is 46.2 cm³/mol. The first kappa shape index (κ1) is 6.28. The normalized spacial score (nSPS) is 53.0. The van der Waals surface area contributed by atoms with Crippen LogP contribution in [0.15, 0.2) is 11.6 Å². The van der Waals surface area contributed by atoms with E-state index in [1.807, 2.05) is 5.57 Å². The van der Waals surface area contributed by atoms with Crippen molar-refractivity contribution in [3.05, 3.63) is 11.6 Å². The first-order chi connectivity index (χ1) is 5.34. The molecule has 4 atom stereocenters. The molecule has 1 fully saturated rings. The molecular formula is C11H16. The summed E-state index contributed by atoms with van der Waals surface area (Å²) < 4.78 is 0. The lowest BCUT2D eigenvalue weighted by atomic mass is 9.81. The van der Waals surface area contributed by atoms with Gasteiger partial charge in [-0.1, -0.05) is 18.6 Å². The maximum Gasteiger partial charge on any atom is -0.0167 e. The molecule has 0 N–H and O–H groups in total. The average Bonchev–Trinajstić information content (AvgIpc) is 2.53. The summed E-state index contributed by atoms with van der Waals surface area (Å²) in [6.07, 6.45) is 8.56. The van der Waals surface area contributed by atoms with Crippen molar-refractivity contribution in [3.63, 3.8) is 0 Å². The first-order valence-electron chi connectivity index (χ1n) is 5.05. The Morgan fingerprint density at radius 2 is 2.27 bits per heavy atom. The number of hydrogen-bond acceptors (Lipinski definition) is 0. The third-order valence-corrected chi connectivity index (χ3v) is 4.07. The summed E-state index contributed by atoms with van der Waals surface area (Å²) >= 11 is 0. The fraction of sp³-hybridized carbons (Fsp3) is 0.818. The SMILES string of the molecule is CC1CC2C3=CC(CC3)C2C1. The van der Waals surface area contributed by atoms with Crippen LogP contribution < -0.4 is 0 Å². The summed E-state index contributed by atoms with van der Waals surface area (Å²) in [7, 11) is 0. The lowest BCUT2D eigenvalue weighted by Gasteiger charge is -2.23. The molecule has 0 nitrogen and oxygen atoms in total. The van der Waals surface area contributed by atoms with Gasteiger partial charge in [-0.2, -0.15) is 0 Å². The van der Waals surface area contributed by atoms with E-state index in [1.165, 1.54) is 25.7 Å². The van der Waals surface area contributed by atoms with E-state index in [2.05, 4.69) is 13.0 Å². The van der Waals surface area contributed by atoms with Crippen LogP contribution in [0.2, 0.25) is 0 Å². The number of allylic oxidation sites excluding steroid dienone is 2. The molecular weight excluding hydrogens is 132 g/mol. The van der Waals surface area contributed by atoms with Gasteiger partial charge < -0.3 is 0 Å². The molecule has 2 bridgehead atoms. The highest BCUT2D eigenvalue weighted by atomic mass is 14.5. The van der Waals surface area contributed by atoms with Crippen molar-refractivity contribution in [2.24, 2.45) is 23.7 Å². The van der Waals surface area contributed by atoms with Gasteiger partial charge in [-0.3, -0.25) is 0 Å². The molecule has 0 heteroatoms. The summed E-state index contributed by atoms with van der Waals surface area (Å²) in [5.74, 6) is 4.17.